The summed E-state index contributed by atoms with van der Waals surface area (Å²) in [6, 6.07) is 2.97. The molecule has 134 valence electrons. The molecule has 0 radical (unpaired) electrons. The summed E-state index contributed by atoms with van der Waals surface area (Å²) in [5.74, 6) is -1.08. The van der Waals surface area contributed by atoms with Crippen LogP contribution < -0.4 is 10.6 Å². The zero-order chi connectivity index (χ0) is 17.7. The summed E-state index contributed by atoms with van der Waals surface area (Å²) in [5, 5.41) is 20.2. The van der Waals surface area contributed by atoms with Gasteiger partial charge in [0.05, 0.1) is 0 Å². The van der Waals surface area contributed by atoms with Gasteiger partial charge in [-0.15, -0.1) is 0 Å². The summed E-state index contributed by atoms with van der Waals surface area (Å²) in [4.78, 5) is 18.2. The van der Waals surface area contributed by atoms with Gasteiger partial charge in [0.1, 0.15) is 0 Å². The molecule has 1 aliphatic heterocycles. The molecule has 2 rings (SSSR count). The first-order valence-electron chi connectivity index (χ1n) is 8.74. The molecule has 1 aromatic rings. The fraction of sp³-hybridized carbons (Fsp3) is 0.667. The van der Waals surface area contributed by atoms with E-state index in [9.17, 15) is 15.0 Å². The number of hydrogen-bond donors (Lipinski definition) is 3. The number of rotatable bonds is 7. The third-order valence-corrected chi connectivity index (χ3v) is 4.68. The highest BCUT2D eigenvalue weighted by Crippen LogP contribution is 2.24. The molecule has 2 unspecified atom stereocenters. The summed E-state index contributed by atoms with van der Waals surface area (Å²) < 4.78 is 0. The summed E-state index contributed by atoms with van der Waals surface area (Å²) in [5.41, 5.74) is 5.60. The zero-order valence-electron chi connectivity index (χ0n) is 14.6. The Bertz CT molecular complexity index is 558. The maximum atomic E-state index is 11.7. The molecule has 0 aromatic carbocycles. The van der Waals surface area contributed by atoms with Crippen LogP contribution in [-0.2, 0) is 11.2 Å². The third kappa shape index (κ3) is 4.45. The molecule has 24 heavy (non-hydrogen) atoms. The molecule has 4 N–H and O–H groups in total. The maximum absolute atomic E-state index is 11.7. The lowest BCUT2D eigenvalue weighted by atomic mass is 9.84. The largest absolute Gasteiger partial charge is 0.479 e. The van der Waals surface area contributed by atoms with Gasteiger partial charge < -0.3 is 20.8 Å². The van der Waals surface area contributed by atoms with Gasteiger partial charge in [0, 0.05) is 43.1 Å². The van der Waals surface area contributed by atoms with Gasteiger partial charge in [0.2, 0.25) is 0 Å². The van der Waals surface area contributed by atoms with Crippen LogP contribution in [0.1, 0.15) is 45.2 Å². The van der Waals surface area contributed by atoms with Crippen molar-refractivity contribution in [2.45, 2.75) is 57.6 Å². The van der Waals surface area contributed by atoms with Crippen molar-refractivity contribution in [2.24, 2.45) is 11.7 Å². The van der Waals surface area contributed by atoms with Gasteiger partial charge in [-0.3, -0.25) is 4.98 Å². The number of aliphatic carboxylic acids is 1. The molecule has 0 aliphatic carbocycles. The second-order valence-corrected chi connectivity index (χ2v) is 7.20. The third-order valence-electron chi connectivity index (χ3n) is 4.68. The topological polar surface area (TPSA) is 99.7 Å². The average molecular weight is 335 g/mol. The lowest BCUT2D eigenvalue weighted by Crippen LogP contribution is -2.56. The van der Waals surface area contributed by atoms with E-state index in [1.54, 1.807) is 6.20 Å². The first kappa shape index (κ1) is 18.7. The van der Waals surface area contributed by atoms with E-state index in [4.69, 9.17) is 5.73 Å². The first-order chi connectivity index (χ1) is 11.3. The number of aromatic nitrogens is 1. The molecule has 0 saturated carbocycles. The number of nitrogens with zero attached hydrogens (tertiary/aromatic N) is 2. The van der Waals surface area contributed by atoms with Gasteiger partial charge in [-0.1, -0.05) is 13.8 Å². The molecular formula is C18H29N3O3. The Morgan fingerprint density at radius 1 is 1.38 bits per heavy atom. The fourth-order valence-electron chi connectivity index (χ4n) is 3.26. The van der Waals surface area contributed by atoms with Crippen LogP contribution in [0.2, 0.25) is 0 Å². The van der Waals surface area contributed by atoms with Gasteiger partial charge in [-0.2, -0.15) is 0 Å². The highest BCUT2D eigenvalue weighted by molar-refractivity contribution is 5.78. The zero-order valence-corrected chi connectivity index (χ0v) is 14.6. The minimum atomic E-state index is -2.00. The Labute approximate surface area is 143 Å². The van der Waals surface area contributed by atoms with Crippen LogP contribution in [0.25, 0.3) is 0 Å². The molecule has 1 fully saturated rings. The second kappa shape index (κ2) is 7.94. The number of carboxylic acid groups (broad SMARTS) is 1. The van der Waals surface area contributed by atoms with Gasteiger partial charge in [0.15, 0.2) is 5.60 Å². The van der Waals surface area contributed by atoms with Crippen LogP contribution in [-0.4, -0.2) is 45.9 Å². The van der Waals surface area contributed by atoms with Crippen molar-refractivity contribution in [1.29, 1.82) is 0 Å². The molecule has 0 amide bonds. The monoisotopic (exact) mass is 335 g/mol. The van der Waals surface area contributed by atoms with E-state index in [1.807, 2.05) is 26.0 Å². The molecular weight excluding hydrogens is 306 g/mol. The van der Waals surface area contributed by atoms with E-state index >= 15 is 0 Å². The minimum absolute atomic E-state index is 0.0854. The second-order valence-electron chi connectivity index (χ2n) is 7.20. The number of nitrogens with two attached hydrogens (primary N) is 1. The summed E-state index contributed by atoms with van der Waals surface area (Å²) in [6.07, 6.45) is 5.60. The normalized spacial score (nSPS) is 19.1. The number of pyridine rings is 1. The first-order valence-corrected chi connectivity index (χ1v) is 8.74. The van der Waals surface area contributed by atoms with E-state index in [0.29, 0.717) is 12.1 Å². The van der Waals surface area contributed by atoms with Crippen LogP contribution in [0.4, 0.5) is 5.69 Å². The Morgan fingerprint density at radius 2 is 2.04 bits per heavy atom. The van der Waals surface area contributed by atoms with E-state index in [1.165, 1.54) is 6.42 Å². The van der Waals surface area contributed by atoms with Gasteiger partial charge in [-0.25, -0.2) is 4.79 Å². The summed E-state index contributed by atoms with van der Waals surface area (Å²) >= 11 is 0. The van der Waals surface area contributed by atoms with Crippen molar-refractivity contribution in [1.82, 2.24) is 4.98 Å². The smallest absolute Gasteiger partial charge is 0.337 e. The van der Waals surface area contributed by atoms with Gasteiger partial charge in [-0.05, 0) is 43.7 Å². The Kier molecular flexibility index (Phi) is 6.18. The average Bonchev–Trinajstić information content (AvgIpc) is 2.55. The Morgan fingerprint density at radius 3 is 2.62 bits per heavy atom. The van der Waals surface area contributed by atoms with Crippen LogP contribution in [0.5, 0.6) is 0 Å². The number of carboxylic acids is 1. The van der Waals surface area contributed by atoms with Crippen molar-refractivity contribution in [3.63, 3.8) is 0 Å². The predicted octanol–water partition coefficient (Wildman–Crippen LogP) is 1.80. The van der Waals surface area contributed by atoms with Crippen LogP contribution >= 0.6 is 0 Å². The number of piperidine rings is 1. The van der Waals surface area contributed by atoms with E-state index < -0.39 is 17.6 Å². The molecule has 2 heterocycles. The van der Waals surface area contributed by atoms with E-state index in [2.05, 4.69) is 9.88 Å². The number of carbonyl (C=O) groups is 1. The van der Waals surface area contributed by atoms with Crippen LogP contribution in [0.15, 0.2) is 18.3 Å². The Balaban J connectivity index is 2.18. The van der Waals surface area contributed by atoms with Gasteiger partial charge >= 0.3 is 5.97 Å². The summed E-state index contributed by atoms with van der Waals surface area (Å²) in [6.45, 7) is 5.91. The summed E-state index contributed by atoms with van der Waals surface area (Å²) in [7, 11) is 0. The van der Waals surface area contributed by atoms with Crippen molar-refractivity contribution in [2.75, 3.05) is 18.0 Å². The van der Waals surface area contributed by atoms with Crippen molar-refractivity contribution in [3.05, 3.63) is 24.0 Å². The molecule has 6 nitrogen and oxygen atoms in total. The molecule has 6 heteroatoms. The quantitative estimate of drug-likeness (QED) is 0.703. The SMILES string of the molecule is CC(C)CC(N)C(O)(Cc1cc(N2CCCCC2)ccn1)C(=O)O. The number of hydrogen-bond acceptors (Lipinski definition) is 5. The predicted molar refractivity (Wildman–Crippen MR) is 94.0 cm³/mol. The van der Waals surface area contributed by atoms with E-state index in [-0.39, 0.29) is 12.3 Å². The highest BCUT2D eigenvalue weighted by atomic mass is 16.4. The van der Waals surface area contributed by atoms with Crippen molar-refractivity contribution in [3.8, 4) is 0 Å². The Hall–Kier alpha value is -1.66. The molecule has 0 spiro atoms. The lowest BCUT2D eigenvalue weighted by Gasteiger charge is -2.32. The van der Waals surface area contributed by atoms with Crippen molar-refractivity contribution >= 4 is 11.7 Å². The van der Waals surface area contributed by atoms with Crippen molar-refractivity contribution < 1.29 is 15.0 Å². The fourth-order valence-corrected chi connectivity index (χ4v) is 3.26. The van der Waals surface area contributed by atoms with E-state index in [0.717, 1.165) is 31.6 Å². The molecule has 1 aliphatic rings. The standard InChI is InChI=1S/C18H29N3O3/c1-13(2)10-16(19)18(24,17(22)23)12-14-11-15(6-7-20-14)21-8-4-3-5-9-21/h6-7,11,13,16,24H,3-5,8-10,12,19H2,1-2H3,(H,22,23). The minimum Gasteiger partial charge on any atom is -0.479 e. The molecule has 1 aromatic heterocycles. The number of anilines is 1. The molecule has 1 saturated heterocycles. The van der Waals surface area contributed by atoms with Gasteiger partial charge in [0.25, 0.3) is 0 Å². The maximum Gasteiger partial charge on any atom is 0.337 e. The molecule has 0 bridgehead atoms. The highest BCUT2D eigenvalue weighted by Gasteiger charge is 2.43. The van der Waals surface area contributed by atoms with Crippen LogP contribution in [0.3, 0.4) is 0 Å². The molecule has 2 atom stereocenters. The van der Waals surface area contributed by atoms with Crippen LogP contribution in [0, 0.1) is 5.92 Å². The number of aliphatic hydroxyl groups is 1. The lowest BCUT2D eigenvalue weighted by molar-refractivity contribution is -0.161.